The molecule has 0 bridgehead atoms. The van der Waals surface area contributed by atoms with E-state index in [1.807, 2.05) is 72.8 Å². The van der Waals surface area contributed by atoms with Gasteiger partial charge in [0.05, 0.1) is 37.4 Å². The molecule has 0 saturated carbocycles. The second kappa shape index (κ2) is 11.8. The monoisotopic (exact) mass is 625 g/mol. The van der Waals surface area contributed by atoms with Gasteiger partial charge in [-0.1, -0.05) is 82.7 Å². The van der Waals surface area contributed by atoms with E-state index in [0.29, 0.717) is 17.9 Å². The second-order valence-electron chi connectivity index (χ2n) is 9.66. The van der Waals surface area contributed by atoms with E-state index in [-0.39, 0.29) is 17.7 Å². The number of benzene rings is 4. The number of ether oxygens (including phenoxy) is 2. The Balaban J connectivity index is 1.33. The molecule has 1 unspecified atom stereocenters. The lowest BCUT2D eigenvalue weighted by atomic mass is 9.98. The van der Waals surface area contributed by atoms with Crippen LogP contribution in [0.1, 0.15) is 23.6 Å². The normalized spacial score (nSPS) is 14.8. The molecule has 1 aliphatic rings. The summed E-state index contributed by atoms with van der Waals surface area (Å²) >= 11 is 5.05. The van der Waals surface area contributed by atoms with E-state index in [2.05, 4.69) is 45.2 Å². The van der Waals surface area contributed by atoms with Crippen LogP contribution >= 0.6 is 27.7 Å². The molecule has 1 aromatic heterocycles. The fourth-order valence-corrected chi connectivity index (χ4v) is 6.46. The highest BCUT2D eigenvalue weighted by Crippen LogP contribution is 2.40. The minimum Gasteiger partial charge on any atom is -0.493 e. The zero-order chi connectivity index (χ0) is 28.3. The number of nitrogens with zero attached hydrogens (tertiary/aromatic N) is 2. The maximum Gasteiger partial charge on any atom is 0.253 e. The first-order valence-corrected chi connectivity index (χ1v) is 15.0. The number of methoxy groups -OCH3 is 2. The van der Waals surface area contributed by atoms with E-state index in [1.165, 1.54) is 0 Å². The quantitative estimate of drug-likeness (QED) is 0.177. The summed E-state index contributed by atoms with van der Waals surface area (Å²) in [5, 5.41) is 7.62. The lowest BCUT2D eigenvalue weighted by Gasteiger charge is -2.23. The second-order valence-corrected chi connectivity index (χ2v) is 11.6. The number of hydrogen-bond acceptors (Lipinski definition) is 5. The summed E-state index contributed by atoms with van der Waals surface area (Å²) in [4.78, 5) is 18.6. The molecule has 0 radical (unpaired) electrons. The maximum atomic E-state index is 13.9. The third-order valence-electron chi connectivity index (χ3n) is 7.20. The molecule has 4 aromatic carbocycles. The predicted octanol–water partition coefficient (Wildman–Crippen LogP) is 8.08. The van der Waals surface area contributed by atoms with Crippen molar-refractivity contribution in [1.29, 1.82) is 0 Å². The Morgan fingerprint density at radius 3 is 2.41 bits per heavy atom. The lowest BCUT2D eigenvalue weighted by Crippen LogP contribution is -2.28. The number of hydrazone groups is 1. The summed E-state index contributed by atoms with van der Waals surface area (Å²) in [7, 11) is 3.23. The fraction of sp³-hybridized carbons (Fsp3) is 0.152. The number of hydrogen-bond donors (Lipinski definition) is 1. The number of nitrogens with one attached hydrogen (secondary N) is 1. The van der Waals surface area contributed by atoms with E-state index >= 15 is 0 Å². The van der Waals surface area contributed by atoms with Crippen LogP contribution < -0.4 is 9.47 Å². The smallest absolute Gasteiger partial charge is 0.253 e. The van der Waals surface area contributed by atoms with Crippen LogP contribution in [-0.2, 0) is 4.79 Å². The number of rotatable bonds is 8. The summed E-state index contributed by atoms with van der Waals surface area (Å²) < 4.78 is 12.0. The van der Waals surface area contributed by atoms with Gasteiger partial charge in [-0.25, -0.2) is 5.01 Å². The predicted molar refractivity (Wildman–Crippen MR) is 169 cm³/mol. The molecule has 1 aliphatic heterocycles. The van der Waals surface area contributed by atoms with Gasteiger partial charge in [0.2, 0.25) is 0 Å². The molecule has 41 heavy (non-hydrogen) atoms. The van der Waals surface area contributed by atoms with Gasteiger partial charge in [0.1, 0.15) is 0 Å². The highest BCUT2D eigenvalue weighted by atomic mass is 79.9. The number of fused-ring (bicyclic) bond motifs is 1. The van der Waals surface area contributed by atoms with Gasteiger partial charge in [-0.15, -0.1) is 11.8 Å². The SMILES string of the molecule is COc1ccc(C2CC(c3ccc(Br)cc3)=NN2C(=O)CSc2c(-c3ccccc3)[nH]c3ccccc23)cc1OC. The average molecular weight is 627 g/mol. The number of halogens is 1. The van der Waals surface area contributed by atoms with Crippen molar-refractivity contribution >= 4 is 50.2 Å². The topological polar surface area (TPSA) is 66.9 Å². The van der Waals surface area contributed by atoms with Crippen LogP contribution in [0.3, 0.4) is 0 Å². The Kier molecular flexibility index (Phi) is 7.85. The maximum absolute atomic E-state index is 13.9. The van der Waals surface area contributed by atoms with Gasteiger partial charge in [0.15, 0.2) is 11.5 Å². The molecule has 1 N–H and O–H groups in total. The van der Waals surface area contributed by atoms with Crippen molar-refractivity contribution in [2.75, 3.05) is 20.0 Å². The molecule has 6 rings (SSSR count). The van der Waals surface area contributed by atoms with Crippen LogP contribution in [0, 0.1) is 0 Å². The van der Waals surface area contributed by atoms with E-state index in [0.717, 1.165) is 48.4 Å². The number of H-pyrrole nitrogens is 1. The van der Waals surface area contributed by atoms with Crippen molar-refractivity contribution in [2.45, 2.75) is 17.4 Å². The van der Waals surface area contributed by atoms with Crippen LogP contribution in [0.5, 0.6) is 11.5 Å². The first-order chi connectivity index (χ1) is 20.1. The van der Waals surface area contributed by atoms with Gasteiger partial charge in [0.25, 0.3) is 5.91 Å². The summed E-state index contributed by atoms with van der Waals surface area (Å²) in [6, 6.07) is 32.0. The van der Waals surface area contributed by atoms with E-state index < -0.39 is 0 Å². The Labute approximate surface area is 251 Å². The van der Waals surface area contributed by atoms with Crippen molar-refractivity contribution in [3.63, 3.8) is 0 Å². The Bertz CT molecular complexity index is 1730. The number of carbonyl (C=O) groups excluding carboxylic acids is 1. The molecule has 6 nitrogen and oxygen atoms in total. The highest BCUT2D eigenvalue weighted by molar-refractivity contribution is 9.10. The molecule has 0 fully saturated rings. The minimum atomic E-state index is -0.266. The molecule has 5 aromatic rings. The highest BCUT2D eigenvalue weighted by Gasteiger charge is 2.34. The first kappa shape index (κ1) is 27.2. The number of aromatic nitrogens is 1. The standard InChI is InChI=1S/C33H28BrN3O3S/c1-39-29-17-14-23(18-30(29)40-2)28-19-27(21-12-15-24(34)16-13-21)36-37(28)31(38)20-41-33-25-10-6-7-11-26(25)35-32(33)22-8-4-3-5-9-22/h3-18,28,35H,19-20H2,1-2H3. The fourth-order valence-electron chi connectivity index (χ4n) is 5.15. The van der Waals surface area contributed by atoms with Crippen molar-refractivity contribution in [3.05, 3.63) is 113 Å². The van der Waals surface area contributed by atoms with Crippen molar-refractivity contribution in [2.24, 2.45) is 5.10 Å². The van der Waals surface area contributed by atoms with Gasteiger partial charge < -0.3 is 14.5 Å². The average Bonchev–Trinajstić information content (AvgIpc) is 3.63. The summed E-state index contributed by atoms with van der Waals surface area (Å²) in [6.07, 6.45) is 0.593. The third-order valence-corrected chi connectivity index (χ3v) is 8.83. The van der Waals surface area contributed by atoms with Crippen LogP contribution in [0.25, 0.3) is 22.2 Å². The van der Waals surface area contributed by atoms with Gasteiger partial charge in [0, 0.05) is 26.7 Å². The first-order valence-electron chi connectivity index (χ1n) is 13.2. The van der Waals surface area contributed by atoms with Gasteiger partial charge in [-0.2, -0.15) is 5.10 Å². The molecule has 206 valence electrons. The molecular weight excluding hydrogens is 598 g/mol. The molecule has 1 atom stereocenters. The minimum absolute atomic E-state index is 0.0637. The number of thioether (sulfide) groups is 1. The van der Waals surface area contributed by atoms with Gasteiger partial charge in [-0.05, 0) is 47.0 Å². The van der Waals surface area contributed by atoms with Crippen LogP contribution in [-0.4, -0.2) is 41.6 Å². The summed E-state index contributed by atoms with van der Waals surface area (Å²) in [5.74, 6) is 1.44. The molecule has 8 heteroatoms. The Morgan fingerprint density at radius 1 is 0.927 bits per heavy atom. The molecule has 0 spiro atoms. The third kappa shape index (κ3) is 5.49. The van der Waals surface area contributed by atoms with Gasteiger partial charge in [-0.3, -0.25) is 4.79 Å². The van der Waals surface area contributed by atoms with Crippen LogP contribution in [0.4, 0.5) is 0 Å². The van der Waals surface area contributed by atoms with Crippen molar-refractivity contribution < 1.29 is 14.3 Å². The van der Waals surface area contributed by atoms with Crippen LogP contribution in [0.15, 0.2) is 112 Å². The largest absolute Gasteiger partial charge is 0.493 e. The van der Waals surface area contributed by atoms with Crippen molar-refractivity contribution in [1.82, 2.24) is 9.99 Å². The lowest BCUT2D eigenvalue weighted by molar-refractivity contribution is -0.130. The summed E-state index contributed by atoms with van der Waals surface area (Å²) in [6.45, 7) is 0. The number of para-hydroxylation sites is 1. The number of carbonyl (C=O) groups is 1. The molecule has 0 aliphatic carbocycles. The van der Waals surface area contributed by atoms with Crippen LogP contribution in [0.2, 0.25) is 0 Å². The molecule has 0 saturated heterocycles. The number of amides is 1. The number of aromatic amines is 1. The zero-order valence-electron chi connectivity index (χ0n) is 22.6. The Morgan fingerprint density at radius 2 is 1.66 bits per heavy atom. The van der Waals surface area contributed by atoms with E-state index in [9.17, 15) is 4.79 Å². The van der Waals surface area contributed by atoms with Gasteiger partial charge >= 0.3 is 0 Å². The Hall–Kier alpha value is -4.01. The molecule has 2 heterocycles. The zero-order valence-corrected chi connectivity index (χ0v) is 25.0. The van der Waals surface area contributed by atoms with E-state index in [4.69, 9.17) is 14.6 Å². The van der Waals surface area contributed by atoms with E-state index in [1.54, 1.807) is 31.0 Å². The molecule has 1 amide bonds. The molecular formula is C33H28BrN3O3S. The summed E-state index contributed by atoms with van der Waals surface area (Å²) in [5.41, 5.74) is 5.94. The van der Waals surface area contributed by atoms with Crippen molar-refractivity contribution in [3.8, 4) is 22.8 Å².